The first-order valence-corrected chi connectivity index (χ1v) is 19.1. The van der Waals surface area contributed by atoms with Crippen LogP contribution in [0, 0.1) is 50.7 Å². The molecule has 0 aromatic rings. The van der Waals surface area contributed by atoms with Crippen LogP contribution in [0.2, 0.25) is 0 Å². The van der Waals surface area contributed by atoms with Gasteiger partial charge < -0.3 is 64.5 Å². The topological polar surface area (TPSA) is 208 Å². The molecule has 5 aliphatic carbocycles. The Labute approximate surface area is 294 Å². The Hall–Kier alpha value is -0.520. The average Bonchev–Trinajstić information content (AvgIpc) is 3.67. The normalized spacial score (nSPS) is 61.3. The van der Waals surface area contributed by atoms with Crippen molar-refractivity contribution >= 4 is 0 Å². The fraction of sp³-hybridized carbons (Fsp3) is 1.00. The molecule has 3 aliphatic heterocycles. The summed E-state index contributed by atoms with van der Waals surface area (Å²) in [7, 11) is 0. The number of fused-ring (bicyclic) bond motifs is 4. The van der Waals surface area contributed by atoms with Crippen LogP contribution >= 0.6 is 0 Å². The first-order chi connectivity index (χ1) is 23.5. The van der Waals surface area contributed by atoms with Gasteiger partial charge in [-0.3, -0.25) is 0 Å². The Morgan fingerprint density at radius 2 is 1.46 bits per heavy atom. The second-order valence-electron chi connectivity index (χ2n) is 18.8. The van der Waals surface area contributed by atoms with Gasteiger partial charge in [0.15, 0.2) is 18.9 Å². The van der Waals surface area contributed by atoms with E-state index < -0.39 is 79.7 Å². The van der Waals surface area contributed by atoms with Crippen LogP contribution in [-0.2, 0) is 23.7 Å². The van der Waals surface area contributed by atoms with Gasteiger partial charge in [0.05, 0.1) is 31.5 Å². The molecule has 0 unspecified atom stereocenters. The lowest BCUT2D eigenvalue weighted by atomic mass is 9.41. The highest BCUT2D eigenvalue weighted by atomic mass is 16.7. The first kappa shape index (κ1) is 36.5. The maximum atomic E-state index is 11.2. The summed E-state index contributed by atoms with van der Waals surface area (Å²) < 4.78 is 31.4. The molecule has 3 heterocycles. The van der Waals surface area contributed by atoms with E-state index in [-0.39, 0.29) is 64.1 Å². The van der Waals surface area contributed by atoms with Gasteiger partial charge in [-0.2, -0.15) is 0 Å². The maximum absolute atomic E-state index is 11.2. The Morgan fingerprint density at radius 3 is 2.18 bits per heavy atom. The average molecular weight is 713 g/mol. The molecule has 286 valence electrons. The molecule has 0 radical (unpaired) electrons. The Balaban J connectivity index is 1.15. The van der Waals surface area contributed by atoms with E-state index >= 15 is 0 Å². The van der Waals surface area contributed by atoms with Gasteiger partial charge in [0, 0.05) is 5.92 Å². The van der Waals surface area contributed by atoms with Crippen molar-refractivity contribution in [1.82, 2.24) is 0 Å². The molecule has 0 amide bonds. The number of hydrogen-bond donors (Lipinski definition) is 8. The fourth-order valence-corrected chi connectivity index (χ4v) is 13.6. The van der Waals surface area contributed by atoms with Gasteiger partial charge in [-0.05, 0) is 96.2 Å². The van der Waals surface area contributed by atoms with Gasteiger partial charge in [0.2, 0.25) is 0 Å². The van der Waals surface area contributed by atoms with Crippen molar-refractivity contribution < 1.29 is 64.5 Å². The summed E-state index contributed by atoms with van der Waals surface area (Å²) >= 11 is 0. The SMILES string of the molecule is C[C@@H]1C[C@@H]2[C@H](C[C@]3(C)[C@@H]4[C@H](O[C@@H]5O[C@H](CO)[C@@H](O)[C@H](O)[C@H]5O)C[C@@H]5C(C)(C)[C@H](O[C@@H]6OC[C@@H](O)[C@H](O)[C@H]6O)CC[C@]56C[C@]46CC[C@]23C)O[C@H]1O. The van der Waals surface area contributed by atoms with Crippen LogP contribution in [0.3, 0.4) is 0 Å². The van der Waals surface area contributed by atoms with Crippen molar-refractivity contribution in [2.75, 3.05) is 13.2 Å². The number of aliphatic hydroxyl groups is 8. The van der Waals surface area contributed by atoms with Gasteiger partial charge in [-0.25, -0.2) is 0 Å². The Kier molecular flexibility index (Phi) is 8.74. The molecule has 5 saturated carbocycles. The molecule has 0 bridgehead atoms. The summed E-state index contributed by atoms with van der Waals surface area (Å²) in [5.41, 5.74) is -0.840. The number of rotatable bonds is 5. The Bertz CT molecular complexity index is 1300. The molecule has 2 spiro atoms. The largest absolute Gasteiger partial charge is 0.394 e. The summed E-state index contributed by atoms with van der Waals surface area (Å²) in [5, 5.41) is 84.4. The lowest BCUT2D eigenvalue weighted by Gasteiger charge is -2.65. The van der Waals surface area contributed by atoms with Crippen LogP contribution in [0.5, 0.6) is 0 Å². The highest BCUT2D eigenvalue weighted by Crippen LogP contribution is 2.89. The van der Waals surface area contributed by atoms with E-state index in [0.29, 0.717) is 6.42 Å². The van der Waals surface area contributed by atoms with Gasteiger partial charge in [-0.1, -0.05) is 34.6 Å². The molecule has 3 saturated heterocycles. The zero-order chi connectivity index (χ0) is 35.9. The van der Waals surface area contributed by atoms with Crippen LogP contribution in [0.1, 0.15) is 86.0 Å². The maximum Gasteiger partial charge on any atom is 0.186 e. The monoisotopic (exact) mass is 712 g/mol. The highest BCUT2D eigenvalue weighted by Gasteiger charge is 2.85. The second kappa shape index (κ2) is 12.0. The summed E-state index contributed by atoms with van der Waals surface area (Å²) in [6.45, 7) is 10.5. The number of ether oxygens (including phenoxy) is 5. The minimum Gasteiger partial charge on any atom is -0.394 e. The molecule has 8 aliphatic rings. The van der Waals surface area contributed by atoms with Crippen molar-refractivity contribution in [3.63, 3.8) is 0 Å². The van der Waals surface area contributed by atoms with Crippen LogP contribution in [-0.4, -0.2) is 134 Å². The quantitative estimate of drug-likeness (QED) is 0.182. The molecular weight excluding hydrogens is 652 g/mol. The minimum atomic E-state index is -1.55. The molecule has 8 rings (SSSR count). The molecule has 8 N–H and O–H groups in total. The number of aliphatic hydroxyl groups excluding tert-OH is 8. The third kappa shape index (κ3) is 4.78. The molecule has 0 aromatic carbocycles. The molecule has 50 heavy (non-hydrogen) atoms. The van der Waals surface area contributed by atoms with E-state index in [1.165, 1.54) is 0 Å². The van der Waals surface area contributed by atoms with Crippen molar-refractivity contribution in [3.8, 4) is 0 Å². The van der Waals surface area contributed by atoms with Gasteiger partial charge in [0.25, 0.3) is 0 Å². The van der Waals surface area contributed by atoms with E-state index in [0.717, 1.165) is 44.9 Å². The molecule has 21 atom stereocenters. The predicted octanol–water partition coefficient (Wildman–Crippen LogP) is 0.398. The Morgan fingerprint density at radius 1 is 0.740 bits per heavy atom. The third-order valence-electron chi connectivity index (χ3n) is 16.5. The van der Waals surface area contributed by atoms with E-state index in [2.05, 4.69) is 34.6 Å². The van der Waals surface area contributed by atoms with Crippen molar-refractivity contribution in [2.24, 2.45) is 50.7 Å². The first-order valence-electron chi connectivity index (χ1n) is 19.1. The summed E-state index contributed by atoms with van der Waals surface area (Å²) in [6, 6.07) is 0. The molecule has 13 heteroatoms. The molecule has 13 nitrogen and oxygen atoms in total. The lowest BCUT2D eigenvalue weighted by molar-refractivity contribution is -0.335. The van der Waals surface area contributed by atoms with Crippen LogP contribution in [0.4, 0.5) is 0 Å². The zero-order valence-electron chi connectivity index (χ0n) is 30.0. The summed E-state index contributed by atoms with van der Waals surface area (Å²) in [6.07, 6.45) is -6.59. The minimum absolute atomic E-state index is 0.00375. The van der Waals surface area contributed by atoms with Gasteiger partial charge in [0.1, 0.15) is 42.7 Å². The van der Waals surface area contributed by atoms with Gasteiger partial charge in [-0.15, -0.1) is 0 Å². The van der Waals surface area contributed by atoms with E-state index in [9.17, 15) is 40.9 Å². The van der Waals surface area contributed by atoms with E-state index in [1.54, 1.807) is 0 Å². The standard InChI is InChI=1S/C37H60O13/c1-16-10-17-20(47-30(16)45)12-35(5)29-19(48-32-28(44)26(42)25(41)21(13-38)49-32)11-22-33(2,3)23(50-31-27(43)24(40)18(39)14-46-31)6-7-36(22)15-37(29,36)9-8-34(17,35)4/h16-32,38-45H,6-15H2,1-5H3/t16-,17-,18-,19-,20+,21-,22-,23-,24+,25-,26+,27-,28-,29+,30-,31+,32-,34-,35-,36+,37-/m1/s1. The lowest BCUT2D eigenvalue weighted by Crippen LogP contribution is -2.65. The highest BCUT2D eigenvalue weighted by molar-refractivity contribution is 5.33. The van der Waals surface area contributed by atoms with Crippen molar-refractivity contribution in [1.29, 1.82) is 0 Å². The smallest absolute Gasteiger partial charge is 0.186 e. The van der Waals surface area contributed by atoms with E-state index in [4.69, 9.17) is 23.7 Å². The third-order valence-corrected chi connectivity index (χ3v) is 16.5. The second-order valence-corrected chi connectivity index (χ2v) is 18.8. The van der Waals surface area contributed by atoms with E-state index in [1.807, 2.05) is 0 Å². The molecule has 8 fully saturated rings. The number of hydrogen-bond acceptors (Lipinski definition) is 13. The summed E-state index contributed by atoms with van der Waals surface area (Å²) in [5.74, 6) is 0.459. The van der Waals surface area contributed by atoms with Crippen LogP contribution < -0.4 is 0 Å². The van der Waals surface area contributed by atoms with Crippen molar-refractivity contribution in [2.45, 2.75) is 166 Å². The molecular formula is C37H60O13. The summed E-state index contributed by atoms with van der Waals surface area (Å²) in [4.78, 5) is 0. The predicted molar refractivity (Wildman–Crippen MR) is 174 cm³/mol. The fourth-order valence-electron chi connectivity index (χ4n) is 13.6. The van der Waals surface area contributed by atoms with Crippen molar-refractivity contribution in [3.05, 3.63) is 0 Å². The van der Waals surface area contributed by atoms with Gasteiger partial charge >= 0.3 is 0 Å². The van der Waals surface area contributed by atoms with Crippen LogP contribution in [0.25, 0.3) is 0 Å². The van der Waals surface area contributed by atoms with Crippen LogP contribution in [0.15, 0.2) is 0 Å². The zero-order valence-corrected chi connectivity index (χ0v) is 30.0. The molecule has 0 aromatic heterocycles.